The van der Waals surface area contributed by atoms with E-state index in [0.29, 0.717) is 11.4 Å². The first-order valence-corrected chi connectivity index (χ1v) is 5.96. The van der Waals surface area contributed by atoms with Gasteiger partial charge in [0.25, 0.3) is 0 Å². The summed E-state index contributed by atoms with van der Waals surface area (Å²) in [4.78, 5) is 11.4. The summed E-state index contributed by atoms with van der Waals surface area (Å²) in [5.74, 6) is -0.720. The van der Waals surface area contributed by atoms with Crippen LogP contribution in [0.4, 0.5) is 0 Å². The van der Waals surface area contributed by atoms with Gasteiger partial charge in [0.1, 0.15) is 0 Å². The lowest BCUT2D eigenvalue weighted by Gasteiger charge is -2.14. The summed E-state index contributed by atoms with van der Waals surface area (Å²) in [7, 11) is 0. The van der Waals surface area contributed by atoms with E-state index in [4.69, 9.17) is 22.4 Å². The lowest BCUT2D eigenvalue weighted by Crippen LogP contribution is -2.15. The van der Waals surface area contributed by atoms with Gasteiger partial charge in [-0.3, -0.25) is 4.79 Å². The maximum absolute atomic E-state index is 10.5. The highest BCUT2D eigenvalue weighted by Gasteiger charge is 2.16. The number of hydrogen-bond donors (Lipinski definition) is 2. The molecule has 1 aromatic heterocycles. The number of carboxylic acid groups (broad SMARTS) is 1. The summed E-state index contributed by atoms with van der Waals surface area (Å²) < 4.78 is 0. The standard InChI is InChI=1S/C10H14ClNO2S/c1-6(5-9(13)14)4-8(12)10-7(11)2-3-15-10/h2-3,6,8H,4-5,12H2,1H3,(H,13,14). The maximum Gasteiger partial charge on any atom is 0.303 e. The lowest BCUT2D eigenvalue weighted by atomic mass is 9.98. The Kier molecular flexibility index (Phi) is 4.57. The van der Waals surface area contributed by atoms with Crippen molar-refractivity contribution in [2.24, 2.45) is 11.7 Å². The third-order valence-corrected chi connectivity index (χ3v) is 3.65. The number of carboxylic acids is 1. The topological polar surface area (TPSA) is 63.3 Å². The van der Waals surface area contributed by atoms with Crippen LogP contribution in [0.5, 0.6) is 0 Å². The van der Waals surface area contributed by atoms with Gasteiger partial charge in [-0.2, -0.15) is 0 Å². The van der Waals surface area contributed by atoms with Crippen molar-refractivity contribution in [2.75, 3.05) is 0 Å². The van der Waals surface area contributed by atoms with Crippen LogP contribution < -0.4 is 5.73 Å². The van der Waals surface area contributed by atoms with Crippen LogP contribution in [-0.2, 0) is 4.79 Å². The average Bonchev–Trinajstić information content (AvgIpc) is 2.49. The van der Waals surface area contributed by atoms with Crippen LogP contribution in [0.25, 0.3) is 0 Å². The van der Waals surface area contributed by atoms with Crippen molar-refractivity contribution in [3.05, 3.63) is 21.3 Å². The molecular weight excluding hydrogens is 234 g/mol. The molecule has 0 bridgehead atoms. The first kappa shape index (κ1) is 12.5. The largest absolute Gasteiger partial charge is 0.481 e. The number of nitrogens with two attached hydrogens (primary N) is 1. The Balaban J connectivity index is 2.52. The molecule has 1 heterocycles. The highest BCUT2D eigenvalue weighted by molar-refractivity contribution is 7.10. The van der Waals surface area contributed by atoms with Crippen molar-refractivity contribution in [3.8, 4) is 0 Å². The molecular formula is C10H14ClNO2S. The summed E-state index contributed by atoms with van der Waals surface area (Å²) in [6, 6.07) is 1.65. The fraction of sp³-hybridized carbons (Fsp3) is 0.500. The van der Waals surface area contributed by atoms with Gasteiger partial charge in [0.05, 0.1) is 5.02 Å². The first-order chi connectivity index (χ1) is 7.00. The summed E-state index contributed by atoms with van der Waals surface area (Å²) in [5, 5.41) is 11.2. The van der Waals surface area contributed by atoms with Crippen LogP contribution in [0, 0.1) is 5.92 Å². The first-order valence-electron chi connectivity index (χ1n) is 4.71. The molecule has 0 saturated heterocycles. The molecule has 84 valence electrons. The molecule has 3 nitrogen and oxygen atoms in total. The zero-order valence-electron chi connectivity index (χ0n) is 8.44. The van der Waals surface area contributed by atoms with Crippen molar-refractivity contribution < 1.29 is 9.90 Å². The van der Waals surface area contributed by atoms with Gasteiger partial charge in [-0.25, -0.2) is 0 Å². The number of hydrogen-bond acceptors (Lipinski definition) is 3. The van der Waals surface area contributed by atoms with E-state index in [0.717, 1.165) is 4.88 Å². The Bertz CT molecular complexity index is 340. The van der Waals surface area contributed by atoms with E-state index in [2.05, 4.69) is 0 Å². The lowest BCUT2D eigenvalue weighted by molar-refractivity contribution is -0.138. The predicted molar refractivity (Wildman–Crippen MR) is 62.3 cm³/mol. The minimum atomic E-state index is -0.785. The van der Waals surface area contributed by atoms with Gasteiger partial charge in [0.2, 0.25) is 0 Å². The molecule has 0 spiro atoms. The van der Waals surface area contributed by atoms with Crippen LogP contribution in [0.2, 0.25) is 5.02 Å². The Hall–Kier alpha value is -0.580. The Morgan fingerprint density at radius 3 is 2.87 bits per heavy atom. The smallest absolute Gasteiger partial charge is 0.303 e. The zero-order chi connectivity index (χ0) is 11.4. The van der Waals surface area contributed by atoms with Crippen LogP contribution in [0.3, 0.4) is 0 Å². The molecule has 0 aromatic carbocycles. The number of halogens is 1. The minimum Gasteiger partial charge on any atom is -0.481 e. The minimum absolute atomic E-state index is 0.0654. The van der Waals surface area contributed by atoms with Crippen molar-refractivity contribution in [2.45, 2.75) is 25.8 Å². The molecule has 0 fully saturated rings. The number of rotatable bonds is 5. The van der Waals surface area contributed by atoms with Crippen LogP contribution in [-0.4, -0.2) is 11.1 Å². The average molecular weight is 248 g/mol. The second kappa shape index (κ2) is 5.49. The molecule has 0 aliphatic heterocycles. The molecule has 3 N–H and O–H groups in total. The molecule has 1 aromatic rings. The van der Waals surface area contributed by atoms with Crippen molar-refractivity contribution in [1.29, 1.82) is 0 Å². The number of thiophene rings is 1. The van der Waals surface area contributed by atoms with Crippen molar-refractivity contribution in [3.63, 3.8) is 0 Å². The molecule has 2 unspecified atom stereocenters. The summed E-state index contributed by atoms with van der Waals surface area (Å²) >= 11 is 7.45. The Labute approximate surface area is 97.9 Å². The van der Waals surface area contributed by atoms with E-state index in [1.54, 1.807) is 0 Å². The van der Waals surface area contributed by atoms with E-state index >= 15 is 0 Å². The molecule has 1 rings (SSSR count). The normalized spacial score (nSPS) is 14.9. The van der Waals surface area contributed by atoms with Crippen LogP contribution in [0.15, 0.2) is 11.4 Å². The summed E-state index contributed by atoms with van der Waals surface area (Å²) in [6.45, 7) is 1.88. The van der Waals surface area contributed by atoms with E-state index in [1.807, 2.05) is 18.4 Å². The maximum atomic E-state index is 10.5. The highest BCUT2D eigenvalue weighted by atomic mass is 35.5. The second-order valence-electron chi connectivity index (χ2n) is 3.68. The zero-order valence-corrected chi connectivity index (χ0v) is 10.0. The van der Waals surface area contributed by atoms with Gasteiger partial charge in [-0.1, -0.05) is 18.5 Å². The quantitative estimate of drug-likeness (QED) is 0.841. The third kappa shape index (κ3) is 3.81. The van der Waals surface area contributed by atoms with Crippen molar-refractivity contribution in [1.82, 2.24) is 0 Å². The van der Waals surface area contributed by atoms with Gasteiger partial charge in [-0.05, 0) is 23.8 Å². The fourth-order valence-electron chi connectivity index (χ4n) is 1.49. The van der Waals surface area contributed by atoms with Gasteiger partial charge in [0, 0.05) is 17.3 Å². The Morgan fingerprint density at radius 2 is 2.40 bits per heavy atom. The predicted octanol–water partition coefficient (Wildman–Crippen LogP) is 2.90. The van der Waals surface area contributed by atoms with E-state index in [1.165, 1.54) is 11.3 Å². The van der Waals surface area contributed by atoms with Gasteiger partial charge < -0.3 is 10.8 Å². The Morgan fingerprint density at radius 1 is 1.73 bits per heavy atom. The van der Waals surface area contributed by atoms with Gasteiger partial charge in [-0.15, -0.1) is 11.3 Å². The van der Waals surface area contributed by atoms with Crippen molar-refractivity contribution >= 4 is 28.9 Å². The fourth-order valence-corrected chi connectivity index (χ4v) is 2.71. The molecule has 0 aliphatic carbocycles. The summed E-state index contributed by atoms with van der Waals surface area (Å²) in [6.07, 6.45) is 0.795. The molecule has 0 amide bonds. The van der Waals surface area contributed by atoms with E-state index < -0.39 is 5.97 Å². The molecule has 2 atom stereocenters. The third-order valence-electron chi connectivity index (χ3n) is 2.16. The molecule has 0 radical (unpaired) electrons. The molecule has 15 heavy (non-hydrogen) atoms. The SMILES string of the molecule is CC(CC(=O)O)CC(N)c1sccc1Cl. The second-order valence-corrected chi connectivity index (χ2v) is 5.03. The number of aliphatic carboxylic acids is 1. The van der Waals surface area contributed by atoms with Crippen LogP contribution in [0.1, 0.15) is 30.7 Å². The van der Waals surface area contributed by atoms with Gasteiger partial charge in [0.15, 0.2) is 0 Å². The monoisotopic (exact) mass is 247 g/mol. The summed E-state index contributed by atoms with van der Waals surface area (Å²) in [5.41, 5.74) is 5.95. The molecule has 5 heteroatoms. The van der Waals surface area contributed by atoms with Gasteiger partial charge >= 0.3 is 5.97 Å². The highest BCUT2D eigenvalue weighted by Crippen LogP contribution is 2.31. The molecule has 0 aliphatic rings. The van der Waals surface area contributed by atoms with E-state index in [-0.39, 0.29) is 18.4 Å². The van der Waals surface area contributed by atoms with E-state index in [9.17, 15) is 4.79 Å². The number of carbonyl (C=O) groups is 1. The van der Waals surface area contributed by atoms with Crippen LogP contribution >= 0.6 is 22.9 Å². The molecule has 0 saturated carbocycles.